The Bertz CT molecular complexity index is 393. The minimum atomic E-state index is -0.742. The van der Waals surface area contributed by atoms with Crippen LogP contribution in [0.3, 0.4) is 0 Å². The van der Waals surface area contributed by atoms with Crippen molar-refractivity contribution in [1.29, 1.82) is 0 Å². The Morgan fingerprint density at radius 3 is 2.42 bits per heavy atom. The van der Waals surface area contributed by atoms with Crippen molar-refractivity contribution in [3.8, 4) is 0 Å². The summed E-state index contributed by atoms with van der Waals surface area (Å²) in [5.74, 6) is -0.0613. The molecule has 1 rings (SSSR count). The van der Waals surface area contributed by atoms with Crippen molar-refractivity contribution in [3.63, 3.8) is 0 Å². The number of ether oxygens (including phenoxy) is 2. The first-order valence-corrected chi connectivity index (χ1v) is 6.38. The van der Waals surface area contributed by atoms with Gasteiger partial charge in [-0.2, -0.15) is 0 Å². The summed E-state index contributed by atoms with van der Waals surface area (Å²) in [7, 11) is 0. The maximum Gasteiger partial charge on any atom is 0.413 e. The average Bonchev–Trinajstić information content (AvgIpc) is 2.47. The SMILES string of the molecule is CC(=O)/C=C/C1COC(C)(C)N1C(=O)OC(C)(C)C. The van der Waals surface area contributed by atoms with Gasteiger partial charge in [-0.05, 0) is 47.6 Å². The first kappa shape index (κ1) is 15.7. The lowest BCUT2D eigenvalue weighted by Gasteiger charge is -2.34. The fourth-order valence-electron chi connectivity index (χ4n) is 1.89. The van der Waals surface area contributed by atoms with Crippen molar-refractivity contribution in [1.82, 2.24) is 4.90 Å². The fraction of sp³-hybridized carbons (Fsp3) is 0.714. The molecule has 0 saturated carbocycles. The molecule has 1 fully saturated rings. The number of ketones is 1. The normalized spacial score (nSPS) is 22.8. The molecular weight excluding hydrogens is 246 g/mol. The summed E-state index contributed by atoms with van der Waals surface area (Å²) >= 11 is 0. The predicted molar refractivity (Wildman–Crippen MR) is 71.7 cm³/mol. The predicted octanol–water partition coefficient (Wildman–Crippen LogP) is 2.50. The van der Waals surface area contributed by atoms with Crippen molar-refractivity contribution >= 4 is 11.9 Å². The molecule has 1 aliphatic rings. The third-order valence-electron chi connectivity index (χ3n) is 2.66. The quantitative estimate of drug-likeness (QED) is 0.723. The Balaban J connectivity index is 2.90. The number of allylic oxidation sites excluding steroid dienone is 1. The monoisotopic (exact) mass is 269 g/mol. The van der Waals surface area contributed by atoms with Gasteiger partial charge >= 0.3 is 6.09 Å². The van der Waals surface area contributed by atoms with E-state index in [1.165, 1.54) is 17.9 Å². The number of hydrogen-bond acceptors (Lipinski definition) is 4. The number of nitrogens with zero attached hydrogens (tertiary/aromatic N) is 1. The van der Waals surface area contributed by atoms with Crippen molar-refractivity contribution in [3.05, 3.63) is 12.2 Å². The summed E-state index contributed by atoms with van der Waals surface area (Å²) in [5, 5.41) is 0. The molecule has 0 spiro atoms. The lowest BCUT2D eigenvalue weighted by Crippen LogP contribution is -2.49. The third kappa shape index (κ3) is 4.35. The van der Waals surface area contributed by atoms with E-state index < -0.39 is 17.4 Å². The van der Waals surface area contributed by atoms with Gasteiger partial charge in [0.2, 0.25) is 0 Å². The second-order valence-electron chi connectivity index (χ2n) is 6.15. The highest BCUT2D eigenvalue weighted by Gasteiger charge is 2.44. The molecule has 0 aromatic carbocycles. The zero-order chi connectivity index (χ0) is 14.8. The van der Waals surface area contributed by atoms with E-state index in [0.29, 0.717) is 6.61 Å². The van der Waals surface area contributed by atoms with Crippen LogP contribution < -0.4 is 0 Å². The summed E-state index contributed by atoms with van der Waals surface area (Å²) in [4.78, 5) is 24.8. The largest absolute Gasteiger partial charge is 0.444 e. The van der Waals surface area contributed by atoms with E-state index >= 15 is 0 Å². The van der Waals surface area contributed by atoms with Crippen LogP contribution in [-0.4, -0.2) is 40.8 Å². The zero-order valence-corrected chi connectivity index (χ0v) is 12.5. The van der Waals surface area contributed by atoms with Crippen LogP contribution in [-0.2, 0) is 14.3 Å². The number of amides is 1. The second-order valence-corrected chi connectivity index (χ2v) is 6.15. The van der Waals surface area contributed by atoms with Gasteiger partial charge in [-0.3, -0.25) is 9.69 Å². The fourth-order valence-corrected chi connectivity index (χ4v) is 1.89. The molecule has 0 aromatic rings. The summed E-state index contributed by atoms with van der Waals surface area (Å²) < 4.78 is 11.0. The number of carbonyl (C=O) groups excluding carboxylic acids is 2. The standard InChI is InChI=1S/C14H23NO4/c1-10(16)7-8-11-9-18-14(5,6)15(11)12(17)19-13(2,3)4/h7-8,11H,9H2,1-6H3/b8-7+. The van der Waals surface area contributed by atoms with Gasteiger partial charge < -0.3 is 9.47 Å². The maximum absolute atomic E-state index is 12.2. The summed E-state index contributed by atoms with van der Waals surface area (Å²) in [6.07, 6.45) is 2.70. The molecule has 0 bridgehead atoms. The molecule has 19 heavy (non-hydrogen) atoms. The van der Waals surface area contributed by atoms with Gasteiger partial charge in [0.05, 0.1) is 12.6 Å². The van der Waals surface area contributed by atoms with Gasteiger partial charge in [0.15, 0.2) is 5.78 Å². The Hall–Kier alpha value is -1.36. The molecule has 108 valence electrons. The van der Waals surface area contributed by atoms with Gasteiger partial charge in [-0.15, -0.1) is 0 Å². The summed E-state index contributed by atoms with van der Waals surface area (Å²) in [6.45, 7) is 10.9. The smallest absolute Gasteiger partial charge is 0.413 e. The van der Waals surface area contributed by atoms with Crippen LogP contribution in [0, 0.1) is 0 Å². The molecule has 1 aliphatic heterocycles. The van der Waals surface area contributed by atoms with Gasteiger partial charge in [0, 0.05) is 0 Å². The van der Waals surface area contributed by atoms with Crippen molar-refractivity contribution in [2.45, 2.75) is 58.9 Å². The van der Waals surface area contributed by atoms with E-state index in [1.807, 2.05) is 20.8 Å². The third-order valence-corrected chi connectivity index (χ3v) is 2.66. The molecule has 0 N–H and O–H groups in total. The zero-order valence-electron chi connectivity index (χ0n) is 12.5. The summed E-state index contributed by atoms with van der Waals surface area (Å²) in [6, 6.07) is -0.284. The van der Waals surface area contributed by atoms with Crippen molar-refractivity contribution in [2.75, 3.05) is 6.61 Å². The van der Waals surface area contributed by atoms with Crippen LogP contribution in [0.2, 0.25) is 0 Å². The van der Waals surface area contributed by atoms with Gasteiger partial charge in [0.1, 0.15) is 11.3 Å². The van der Waals surface area contributed by atoms with Gasteiger partial charge in [-0.25, -0.2) is 4.79 Å². The Kier molecular flexibility index (Phi) is 4.40. The van der Waals surface area contributed by atoms with E-state index in [2.05, 4.69) is 0 Å². The maximum atomic E-state index is 12.2. The van der Waals surface area contributed by atoms with E-state index in [9.17, 15) is 9.59 Å². The first-order chi connectivity index (χ1) is 8.53. The molecule has 1 amide bonds. The molecule has 5 nitrogen and oxygen atoms in total. The highest BCUT2D eigenvalue weighted by atomic mass is 16.6. The molecule has 1 heterocycles. The lowest BCUT2D eigenvalue weighted by atomic mass is 10.2. The number of hydrogen-bond donors (Lipinski definition) is 0. The minimum absolute atomic E-state index is 0.0613. The van der Waals surface area contributed by atoms with E-state index in [0.717, 1.165) is 0 Å². The van der Waals surface area contributed by atoms with Crippen LogP contribution in [0.15, 0.2) is 12.2 Å². The highest BCUT2D eigenvalue weighted by Crippen LogP contribution is 2.29. The first-order valence-electron chi connectivity index (χ1n) is 6.38. The van der Waals surface area contributed by atoms with Gasteiger partial charge in [-0.1, -0.05) is 6.08 Å². The second kappa shape index (κ2) is 5.33. The van der Waals surface area contributed by atoms with Crippen molar-refractivity contribution in [2.24, 2.45) is 0 Å². The van der Waals surface area contributed by atoms with E-state index in [4.69, 9.17) is 9.47 Å². The number of carbonyl (C=O) groups is 2. The highest BCUT2D eigenvalue weighted by molar-refractivity contribution is 5.87. The summed E-state index contributed by atoms with van der Waals surface area (Å²) in [5.41, 5.74) is -1.31. The Morgan fingerprint density at radius 1 is 1.37 bits per heavy atom. The molecule has 1 atom stereocenters. The molecular formula is C14H23NO4. The van der Waals surface area contributed by atoms with E-state index in [-0.39, 0.29) is 11.8 Å². The molecule has 1 saturated heterocycles. The molecule has 0 aromatic heterocycles. The number of rotatable bonds is 2. The molecule has 1 unspecified atom stereocenters. The molecule has 0 radical (unpaired) electrons. The van der Waals surface area contributed by atoms with Crippen LogP contribution in [0.5, 0.6) is 0 Å². The van der Waals surface area contributed by atoms with Crippen LogP contribution in [0.25, 0.3) is 0 Å². The van der Waals surface area contributed by atoms with Crippen LogP contribution in [0.4, 0.5) is 4.79 Å². The topological polar surface area (TPSA) is 55.8 Å². The van der Waals surface area contributed by atoms with Crippen molar-refractivity contribution < 1.29 is 19.1 Å². The van der Waals surface area contributed by atoms with Gasteiger partial charge in [0.25, 0.3) is 0 Å². The molecule has 0 aliphatic carbocycles. The lowest BCUT2D eigenvalue weighted by molar-refractivity contribution is -0.112. The van der Waals surface area contributed by atoms with E-state index in [1.54, 1.807) is 19.9 Å². The molecule has 5 heteroatoms. The Labute approximate surface area is 114 Å². The Morgan fingerprint density at radius 2 is 1.95 bits per heavy atom. The average molecular weight is 269 g/mol. The minimum Gasteiger partial charge on any atom is -0.444 e. The van der Waals surface area contributed by atoms with Crippen LogP contribution in [0.1, 0.15) is 41.5 Å². The van der Waals surface area contributed by atoms with Crippen LogP contribution >= 0.6 is 0 Å².